The fraction of sp³-hybridized carbons (Fsp3) is 0.700. The maximum atomic E-state index is 12.1. The Morgan fingerprint density at radius 1 is 1.39 bits per heavy atom. The van der Waals surface area contributed by atoms with Crippen molar-refractivity contribution in [2.75, 3.05) is 6.54 Å². The highest BCUT2D eigenvalue weighted by Gasteiger charge is 2.49. The molecule has 2 heterocycles. The van der Waals surface area contributed by atoms with Crippen molar-refractivity contribution in [2.45, 2.75) is 37.9 Å². The molecule has 2 aliphatic heterocycles. The lowest BCUT2D eigenvalue weighted by Crippen LogP contribution is -2.56. The molecule has 0 aromatic heterocycles. The number of fused-ring (bicyclic) bond motifs is 2. The van der Waals surface area contributed by atoms with Crippen LogP contribution in [-0.4, -0.2) is 65.4 Å². The SMILES string of the molecule is C[C@@H](N)C(=O)NNC(=O)[C@@H]1CCC2CN1C(=O)N2OS(=O)(=O)O. The second-order valence-electron chi connectivity index (χ2n) is 5.28. The van der Waals surface area contributed by atoms with Crippen LogP contribution in [0.3, 0.4) is 0 Å². The average molecular weight is 351 g/mol. The van der Waals surface area contributed by atoms with Gasteiger partial charge in [0.25, 0.3) is 11.8 Å². The van der Waals surface area contributed by atoms with Gasteiger partial charge >= 0.3 is 16.4 Å². The number of nitrogens with zero attached hydrogens (tertiary/aromatic N) is 2. The summed E-state index contributed by atoms with van der Waals surface area (Å²) in [6, 6.07) is -3.17. The second kappa shape index (κ2) is 6.27. The quantitative estimate of drug-likeness (QED) is 0.317. The summed E-state index contributed by atoms with van der Waals surface area (Å²) in [4.78, 5) is 36.6. The van der Waals surface area contributed by atoms with E-state index in [0.29, 0.717) is 5.06 Å². The smallest absolute Gasteiger partial charge is 0.320 e. The number of carbonyl (C=O) groups excluding carboxylic acids is 3. The van der Waals surface area contributed by atoms with Gasteiger partial charge in [0.05, 0.1) is 12.1 Å². The van der Waals surface area contributed by atoms with Crippen molar-refractivity contribution in [1.82, 2.24) is 20.8 Å². The highest BCUT2D eigenvalue weighted by molar-refractivity contribution is 7.80. The molecule has 130 valence electrons. The molecule has 1 unspecified atom stereocenters. The molecule has 13 heteroatoms. The molecule has 23 heavy (non-hydrogen) atoms. The zero-order chi connectivity index (χ0) is 17.4. The largest absolute Gasteiger partial charge is 0.418 e. The van der Waals surface area contributed by atoms with Crippen molar-refractivity contribution in [1.29, 1.82) is 0 Å². The first-order valence-electron chi connectivity index (χ1n) is 6.72. The first-order valence-corrected chi connectivity index (χ1v) is 8.09. The van der Waals surface area contributed by atoms with E-state index in [2.05, 4.69) is 15.1 Å². The number of urea groups is 1. The minimum absolute atomic E-state index is 0.0632. The van der Waals surface area contributed by atoms with E-state index in [4.69, 9.17) is 10.3 Å². The van der Waals surface area contributed by atoms with Gasteiger partial charge in [0.15, 0.2) is 0 Å². The Morgan fingerprint density at radius 3 is 2.61 bits per heavy atom. The Labute approximate surface area is 131 Å². The number of amides is 4. The summed E-state index contributed by atoms with van der Waals surface area (Å²) in [6.07, 6.45) is 0.526. The third kappa shape index (κ3) is 3.87. The zero-order valence-corrected chi connectivity index (χ0v) is 12.9. The van der Waals surface area contributed by atoms with E-state index >= 15 is 0 Å². The van der Waals surface area contributed by atoms with Gasteiger partial charge in [0, 0.05) is 6.54 Å². The van der Waals surface area contributed by atoms with Crippen LogP contribution in [0, 0.1) is 0 Å². The molecule has 2 fully saturated rings. The topological polar surface area (TPSA) is 171 Å². The number of nitrogens with one attached hydrogen (secondary N) is 2. The van der Waals surface area contributed by atoms with Crippen molar-refractivity contribution in [3.8, 4) is 0 Å². The van der Waals surface area contributed by atoms with Crippen LogP contribution < -0.4 is 16.6 Å². The summed E-state index contributed by atoms with van der Waals surface area (Å²) >= 11 is 0. The standard InChI is InChI=1S/C10H17N5O7S/c1-5(11)8(16)12-13-9(17)7-3-2-6-4-14(7)10(18)15(6)22-23(19,20)21/h5-7H,2-4,11H2,1H3,(H,12,16)(H,13,17)(H,19,20,21)/t5-,6?,7+/m1/s1. The number of carbonyl (C=O) groups is 3. The number of hydrogen-bond acceptors (Lipinski definition) is 7. The predicted octanol–water partition coefficient (Wildman–Crippen LogP) is -2.52. The summed E-state index contributed by atoms with van der Waals surface area (Å²) in [5.74, 6) is -1.24. The second-order valence-corrected chi connectivity index (χ2v) is 6.28. The van der Waals surface area contributed by atoms with Gasteiger partial charge < -0.3 is 10.6 Å². The first-order chi connectivity index (χ1) is 10.6. The Morgan fingerprint density at radius 2 is 2.04 bits per heavy atom. The van der Waals surface area contributed by atoms with E-state index < -0.39 is 46.4 Å². The molecule has 3 atom stereocenters. The van der Waals surface area contributed by atoms with Crippen LogP contribution in [0.1, 0.15) is 19.8 Å². The van der Waals surface area contributed by atoms with Crippen LogP contribution >= 0.6 is 0 Å². The number of hydrogen-bond donors (Lipinski definition) is 4. The summed E-state index contributed by atoms with van der Waals surface area (Å²) < 4.78 is 34.4. The molecule has 0 aromatic carbocycles. The third-order valence-corrected chi connectivity index (χ3v) is 3.87. The number of nitrogens with two attached hydrogens (primary N) is 1. The molecular weight excluding hydrogens is 334 g/mol. The van der Waals surface area contributed by atoms with E-state index in [1.807, 2.05) is 0 Å². The molecule has 2 saturated heterocycles. The Hall–Kier alpha value is -1.96. The fourth-order valence-corrected chi connectivity index (χ4v) is 2.81. The Balaban J connectivity index is 2.01. The normalized spacial score (nSPS) is 25.3. The van der Waals surface area contributed by atoms with Gasteiger partial charge in [0.2, 0.25) is 0 Å². The van der Waals surface area contributed by atoms with Crippen molar-refractivity contribution in [3.63, 3.8) is 0 Å². The van der Waals surface area contributed by atoms with Gasteiger partial charge in [-0.1, -0.05) is 0 Å². The average Bonchev–Trinajstić information content (AvgIpc) is 2.68. The van der Waals surface area contributed by atoms with E-state index in [9.17, 15) is 22.8 Å². The van der Waals surface area contributed by atoms with E-state index in [0.717, 1.165) is 4.90 Å². The van der Waals surface area contributed by atoms with Gasteiger partial charge in [-0.3, -0.25) is 25.0 Å². The lowest BCUT2D eigenvalue weighted by atomic mass is 10.0. The van der Waals surface area contributed by atoms with Crippen LogP contribution in [0.4, 0.5) is 4.79 Å². The molecule has 2 bridgehead atoms. The number of piperidine rings is 1. The van der Waals surface area contributed by atoms with Crippen LogP contribution in [-0.2, 0) is 24.3 Å². The van der Waals surface area contributed by atoms with Crippen molar-refractivity contribution < 1.29 is 31.6 Å². The highest BCUT2D eigenvalue weighted by atomic mass is 32.3. The molecule has 5 N–H and O–H groups in total. The van der Waals surface area contributed by atoms with Crippen LogP contribution in [0.15, 0.2) is 0 Å². The summed E-state index contributed by atoms with van der Waals surface area (Å²) in [7, 11) is -4.84. The Kier molecular flexibility index (Phi) is 4.74. The minimum atomic E-state index is -4.84. The van der Waals surface area contributed by atoms with E-state index in [-0.39, 0.29) is 19.4 Å². The van der Waals surface area contributed by atoms with E-state index in [1.54, 1.807) is 0 Å². The van der Waals surface area contributed by atoms with E-state index in [1.165, 1.54) is 6.92 Å². The molecule has 12 nitrogen and oxygen atoms in total. The van der Waals surface area contributed by atoms with Gasteiger partial charge in [0.1, 0.15) is 6.04 Å². The lowest BCUT2D eigenvalue weighted by molar-refractivity contribution is -0.132. The number of rotatable bonds is 4. The molecule has 0 spiro atoms. The van der Waals surface area contributed by atoms with Crippen LogP contribution in [0.25, 0.3) is 0 Å². The molecule has 0 aromatic rings. The fourth-order valence-electron chi connectivity index (χ4n) is 2.42. The maximum Gasteiger partial charge on any atom is 0.418 e. The molecule has 0 saturated carbocycles. The third-order valence-electron chi connectivity index (χ3n) is 3.52. The van der Waals surface area contributed by atoms with Crippen LogP contribution in [0.5, 0.6) is 0 Å². The van der Waals surface area contributed by atoms with Gasteiger partial charge in [-0.15, -0.1) is 4.28 Å². The summed E-state index contributed by atoms with van der Waals surface area (Å²) in [6.45, 7) is 1.49. The van der Waals surface area contributed by atoms with Gasteiger partial charge in [-0.2, -0.15) is 13.5 Å². The first kappa shape index (κ1) is 17.4. The summed E-state index contributed by atoms with van der Waals surface area (Å²) in [5, 5.41) is 0.531. The highest BCUT2D eigenvalue weighted by Crippen LogP contribution is 2.30. The van der Waals surface area contributed by atoms with Crippen LogP contribution in [0.2, 0.25) is 0 Å². The molecule has 4 amide bonds. The zero-order valence-electron chi connectivity index (χ0n) is 12.1. The molecule has 0 aliphatic carbocycles. The number of hydrazine groups is 1. The molecule has 2 aliphatic rings. The van der Waals surface area contributed by atoms with Gasteiger partial charge in [-0.05, 0) is 19.8 Å². The van der Waals surface area contributed by atoms with Crippen molar-refractivity contribution >= 4 is 28.2 Å². The maximum absolute atomic E-state index is 12.1. The van der Waals surface area contributed by atoms with Crippen molar-refractivity contribution in [2.24, 2.45) is 5.73 Å². The summed E-state index contributed by atoms with van der Waals surface area (Å²) in [5.41, 5.74) is 9.61. The molecule has 0 radical (unpaired) electrons. The predicted molar refractivity (Wildman–Crippen MR) is 73.3 cm³/mol. The lowest BCUT2D eigenvalue weighted by Gasteiger charge is -2.29. The number of hydroxylamine groups is 2. The Bertz CT molecular complexity index is 621. The van der Waals surface area contributed by atoms with Gasteiger partial charge in [-0.25, -0.2) is 4.79 Å². The molecule has 2 rings (SSSR count). The van der Waals surface area contributed by atoms with Crippen molar-refractivity contribution in [3.05, 3.63) is 0 Å². The minimum Gasteiger partial charge on any atom is -0.320 e. The molecular formula is C10H17N5O7S. The monoisotopic (exact) mass is 351 g/mol.